The fraction of sp³-hybridized carbons (Fsp3) is 0.583. The van der Waals surface area contributed by atoms with Crippen LogP contribution in [0.15, 0.2) is 16.3 Å². The lowest BCUT2D eigenvalue weighted by Gasteiger charge is -2.36. The first-order valence-electron chi connectivity index (χ1n) is 6.17. The summed E-state index contributed by atoms with van der Waals surface area (Å²) < 4.78 is 26.5. The van der Waals surface area contributed by atoms with E-state index in [1.165, 1.54) is 15.8 Å². The highest BCUT2D eigenvalue weighted by Crippen LogP contribution is 2.30. The van der Waals surface area contributed by atoms with Crippen molar-refractivity contribution in [2.75, 3.05) is 6.54 Å². The predicted octanol–water partition coefficient (Wildman–Crippen LogP) is 2.26. The summed E-state index contributed by atoms with van der Waals surface area (Å²) >= 11 is 0.945. The molecule has 7 heteroatoms. The van der Waals surface area contributed by atoms with Crippen LogP contribution in [0.3, 0.4) is 0 Å². The lowest BCUT2D eigenvalue weighted by atomic mass is 9.94. The van der Waals surface area contributed by atoms with E-state index >= 15 is 0 Å². The average molecular weight is 303 g/mol. The van der Waals surface area contributed by atoms with Crippen LogP contribution in [0.4, 0.5) is 0 Å². The van der Waals surface area contributed by atoms with Gasteiger partial charge in [0.05, 0.1) is 4.90 Å². The summed E-state index contributed by atoms with van der Waals surface area (Å²) in [5.41, 5.74) is 0. The summed E-state index contributed by atoms with van der Waals surface area (Å²) in [6.07, 6.45) is 1.87. The number of carboxylic acid groups (broad SMARTS) is 1. The molecule has 0 aliphatic carbocycles. The number of carbonyl (C=O) groups is 1. The quantitative estimate of drug-likeness (QED) is 0.929. The van der Waals surface area contributed by atoms with E-state index in [1.54, 1.807) is 0 Å². The maximum Gasteiger partial charge on any atom is 0.345 e. The van der Waals surface area contributed by atoms with E-state index in [0.29, 0.717) is 12.5 Å². The van der Waals surface area contributed by atoms with Gasteiger partial charge < -0.3 is 5.11 Å². The maximum atomic E-state index is 12.5. The van der Waals surface area contributed by atoms with Crippen molar-refractivity contribution in [3.63, 3.8) is 0 Å². The van der Waals surface area contributed by atoms with Gasteiger partial charge in [0.15, 0.2) is 0 Å². The number of hydrogen-bond donors (Lipinski definition) is 1. The predicted molar refractivity (Wildman–Crippen MR) is 73.0 cm³/mol. The average Bonchev–Trinajstić information content (AvgIpc) is 2.82. The highest BCUT2D eigenvalue weighted by Gasteiger charge is 2.35. The van der Waals surface area contributed by atoms with Gasteiger partial charge in [-0.15, -0.1) is 11.3 Å². The molecule has 0 spiro atoms. The zero-order chi connectivity index (χ0) is 14.2. The van der Waals surface area contributed by atoms with E-state index in [4.69, 9.17) is 5.11 Å². The molecule has 1 aliphatic heterocycles. The van der Waals surface area contributed by atoms with Crippen LogP contribution in [0.5, 0.6) is 0 Å². The standard InChI is InChI=1S/C12H17NO4S2/c1-8-4-3-5-13(9(8)2)19(16,17)10-6-11(12(14)15)18-7-10/h6-9H,3-5H2,1-2H3,(H,14,15). The van der Waals surface area contributed by atoms with Crippen LogP contribution in [0, 0.1) is 5.92 Å². The van der Waals surface area contributed by atoms with E-state index in [1.807, 2.05) is 13.8 Å². The zero-order valence-corrected chi connectivity index (χ0v) is 12.5. The van der Waals surface area contributed by atoms with Crippen LogP contribution in [0.2, 0.25) is 0 Å². The van der Waals surface area contributed by atoms with Gasteiger partial charge >= 0.3 is 5.97 Å². The number of nitrogens with zero attached hydrogens (tertiary/aromatic N) is 1. The van der Waals surface area contributed by atoms with Gasteiger partial charge in [-0.05, 0) is 31.7 Å². The molecule has 0 bridgehead atoms. The van der Waals surface area contributed by atoms with E-state index < -0.39 is 16.0 Å². The second kappa shape index (κ2) is 5.22. The fourth-order valence-corrected chi connectivity index (χ4v) is 5.20. The molecule has 5 nitrogen and oxygen atoms in total. The molecule has 2 atom stereocenters. The van der Waals surface area contributed by atoms with Crippen molar-refractivity contribution in [1.29, 1.82) is 0 Å². The summed E-state index contributed by atoms with van der Waals surface area (Å²) in [5.74, 6) is -0.771. The Hall–Kier alpha value is -0.920. The Bertz CT molecular complexity index is 578. The summed E-state index contributed by atoms with van der Waals surface area (Å²) in [5, 5.41) is 10.3. The summed E-state index contributed by atoms with van der Waals surface area (Å²) in [6, 6.07) is 1.20. The first kappa shape index (κ1) is 14.5. The SMILES string of the molecule is CC1CCCN(S(=O)(=O)c2csc(C(=O)O)c2)C1C. The Balaban J connectivity index is 2.33. The molecule has 2 heterocycles. The number of rotatable bonds is 3. The zero-order valence-electron chi connectivity index (χ0n) is 10.9. The molecule has 19 heavy (non-hydrogen) atoms. The Morgan fingerprint density at radius 2 is 2.16 bits per heavy atom. The van der Waals surface area contributed by atoms with E-state index in [9.17, 15) is 13.2 Å². The molecule has 1 aromatic rings. The number of thiophene rings is 1. The third kappa shape index (κ3) is 2.68. The minimum absolute atomic E-state index is 0.0491. The first-order valence-corrected chi connectivity index (χ1v) is 8.49. The summed E-state index contributed by atoms with van der Waals surface area (Å²) in [7, 11) is -3.58. The molecule has 0 aromatic carbocycles. The lowest BCUT2D eigenvalue weighted by Crippen LogP contribution is -2.45. The van der Waals surface area contributed by atoms with Gasteiger partial charge in [-0.25, -0.2) is 13.2 Å². The lowest BCUT2D eigenvalue weighted by molar-refractivity contribution is 0.0702. The highest BCUT2D eigenvalue weighted by molar-refractivity contribution is 7.89. The second-order valence-corrected chi connectivity index (χ2v) is 7.73. The van der Waals surface area contributed by atoms with Gasteiger partial charge in [-0.3, -0.25) is 0 Å². The second-order valence-electron chi connectivity index (χ2n) is 4.93. The van der Waals surface area contributed by atoms with E-state index in [-0.39, 0.29) is 15.8 Å². The van der Waals surface area contributed by atoms with Crippen molar-refractivity contribution in [2.24, 2.45) is 5.92 Å². The van der Waals surface area contributed by atoms with Gasteiger partial charge in [-0.2, -0.15) is 4.31 Å². The van der Waals surface area contributed by atoms with Crippen LogP contribution >= 0.6 is 11.3 Å². The van der Waals surface area contributed by atoms with Crippen molar-refractivity contribution in [3.8, 4) is 0 Å². The highest BCUT2D eigenvalue weighted by atomic mass is 32.2. The van der Waals surface area contributed by atoms with Crippen molar-refractivity contribution in [3.05, 3.63) is 16.3 Å². The fourth-order valence-electron chi connectivity index (χ4n) is 2.34. The molecule has 106 valence electrons. The monoisotopic (exact) mass is 303 g/mol. The van der Waals surface area contributed by atoms with E-state index in [2.05, 4.69) is 0 Å². The van der Waals surface area contributed by atoms with E-state index in [0.717, 1.165) is 24.2 Å². The molecule has 1 saturated heterocycles. The molecule has 0 amide bonds. The Kier molecular flexibility index (Phi) is 3.98. The Labute approximate surface area is 116 Å². The number of piperidine rings is 1. The van der Waals surface area contributed by atoms with Gasteiger partial charge in [0.1, 0.15) is 4.88 Å². The van der Waals surface area contributed by atoms with Crippen LogP contribution in [-0.4, -0.2) is 36.4 Å². The van der Waals surface area contributed by atoms with Crippen molar-refractivity contribution in [1.82, 2.24) is 4.31 Å². The molecule has 2 rings (SSSR count). The van der Waals surface area contributed by atoms with Crippen molar-refractivity contribution >= 4 is 27.3 Å². The third-order valence-electron chi connectivity index (χ3n) is 3.71. The maximum absolute atomic E-state index is 12.5. The molecule has 2 unspecified atom stereocenters. The largest absolute Gasteiger partial charge is 0.477 e. The molecule has 1 N–H and O–H groups in total. The van der Waals surface area contributed by atoms with Gasteiger partial charge in [0, 0.05) is 18.0 Å². The summed E-state index contributed by atoms with van der Waals surface area (Å²) in [6.45, 7) is 4.46. The van der Waals surface area contributed by atoms with Crippen LogP contribution in [0.1, 0.15) is 36.4 Å². The minimum Gasteiger partial charge on any atom is -0.477 e. The molecule has 1 aromatic heterocycles. The number of aromatic carboxylic acids is 1. The normalized spacial score (nSPS) is 25.4. The molecule has 1 aliphatic rings. The molecular formula is C12H17NO4S2. The van der Waals surface area contributed by atoms with Crippen LogP contribution in [0.25, 0.3) is 0 Å². The minimum atomic E-state index is -3.58. The van der Waals surface area contributed by atoms with Crippen molar-refractivity contribution < 1.29 is 18.3 Å². The van der Waals surface area contributed by atoms with Gasteiger partial charge in [0.2, 0.25) is 10.0 Å². The third-order valence-corrected chi connectivity index (χ3v) is 6.74. The summed E-state index contributed by atoms with van der Waals surface area (Å²) in [4.78, 5) is 11.0. The Morgan fingerprint density at radius 1 is 1.47 bits per heavy atom. The number of carboxylic acids is 1. The molecular weight excluding hydrogens is 286 g/mol. The van der Waals surface area contributed by atoms with Gasteiger partial charge in [-0.1, -0.05) is 6.92 Å². The topological polar surface area (TPSA) is 74.7 Å². The molecule has 0 radical (unpaired) electrons. The molecule has 1 fully saturated rings. The van der Waals surface area contributed by atoms with Crippen molar-refractivity contribution in [2.45, 2.75) is 37.6 Å². The molecule has 0 saturated carbocycles. The van der Waals surface area contributed by atoms with Crippen LogP contribution < -0.4 is 0 Å². The number of hydrogen-bond acceptors (Lipinski definition) is 4. The first-order chi connectivity index (χ1) is 8.84. The van der Waals surface area contributed by atoms with Gasteiger partial charge in [0.25, 0.3) is 0 Å². The smallest absolute Gasteiger partial charge is 0.345 e. The Morgan fingerprint density at radius 3 is 2.74 bits per heavy atom. The van der Waals surface area contributed by atoms with Crippen LogP contribution in [-0.2, 0) is 10.0 Å². The number of sulfonamides is 1.